The van der Waals surface area contributed by atoms with E-state index in [-0.39, 0.29) is 6.10 Å². The highest BCUT2D eigenvalue weighted by molar-refractivity contribution is 4.99. The number of hydrogen-bond donors (Lipinski definition) is 1. The summed E-state index contributed by atoms with van der Waals surface area (Å²) in [6.45, 7) is 2.26. The molecular formula is C7H12O. The Balaban J connectivity index is 2.13. The van der Waals surface area contributed by atoms with Crippen LogP contribution in [0.15, 0.2) is 0 Å². The normalized spacial score (nSPS) is 60.8. The van der Waals surface area contributed by atoms with Crippen LogP contribution in [0.4, 0.5) is 0 Å². The topological polar surface area (TPSA) is 20.2 Å². The van der Waals surface area contributed by atoms with Crippen molar-refractivity contribution in [3.63, 3.8) is 0 Å². The SMILES string of the molecule is C[C@@H]1[C@H]2C[C@@H]1[C@H](O)C2. The van der Waals surface area contributed by atoms with E-state index >= 15 is 0 Å². The van der Waals surface area contributed by atoms with E-state index in [0.717, 1.165) is 18.3 Å². The molecular weight excluding hydrogens is 100 g/mol. The summed E-state index contributed by atoms with van der Waals surface area (Å²) in [7, 11) is 0. The van der Waals surface area contributed by atoms with Gasteiger partial charge in [-0.05, 0) is 30.6 Å². The Morgan fingerprint density at radius 1 is 1.38 bits per heavy atom. The van der Waals surface area contributed by atoms with E-state index in [9.17, 15) is 5.11 Å². The first-order valence-electron chi connectivity index (χ1n) is 3.47. The second-order valence-corrected chi connectivity index (χ2v) is 3.32. The summed E-state index contributed by atoms with van der Waals surface area (Å²) in [4.78, 5) is 0. The van der Waals surface area contributed by atoms with Gasteiger partial charge in [0.05, 0.1) is 6.10 Å². The molecule has 0 unspecified atom stereocenters. The van der Waals surface area contributed by atoms with Crippen LogP contribution in [-0.4, -0.2) is 11.2 Å². The van der Waals surface area contributed by atoms with Crippen molar-refractivity contribution in [3.8, 4) is 0 Å². The quantitative estimate of drug-likeness (QED) is 0.496. The second-order valence-electron chi connectivity index (χ2n) is 3.32. The van der Waals surface area contributed by atoms with Crippen molar-refractivity contribution in [2.45, 2.75) is 25.9 Å². The summed E-state index contributed by atoms with van der Waals surface area (Å²) in [6, 6.07) is 0. The van der Waals surface area contributed by atoms with Gasteiger partial charge >= 0.3 is 0 Å². The molecule has 3 fully saturated rings. The van der Waals surface area contributed by atoms with E-state index in [2.05, 4.69) is 6.92 Å². The van der Waals surface area contributed by atoms with Gasteiger partial charge in [0, 0.05) is 0 Å². The molecule has 3 rings (SSSR count). The molecule has 0 aromatic heterocycles. The van der Waals surface area contributed by atoms with Crippen LogP contribution in [0.2, 0.25) is 0 Å². The van der Waals surface area contributed by atoms with Gasteiger partial charge in [0.2, 0.25) is 0 Å². The molecule has 0 aromatic rings. The molecule has 4 atom stereocenters. The molecule has 1 nitrogen and oxygen atoms in total. The van der Waals surface area contributed by atoms with E-state index in [0.29, 0.717) is 5.92 Å². The summed E-state index contributed by atoms with van der Waals surface area (Å²) < 4.78 is 0. The van der Waals surface area contributed by atoms with Gasteiger partial charge in [0.25, 0.3) is 0 Å². The fourth-order valence-corrected chi connectivity index (χ4v) is 2.24. The van der Waals surface area contributed by atoms with Crippen molar-refractivity contribution in [2.24, 2.45) is 17.8 Å². The van der Waals surface area contributed by atoms with Crippen molar-refractivity contribution >= 4 is 0 Å². The third-order valence-corrected chi connectivity index (χ3v) is 3.03. The van der Waals surface area contributed by atoms with E-state index in [1.807, 2.05) is 0 Å². The highest BCUT2D eigenvalue weighted by Crippen LogP contribution is 2.52. The lowest BCUT2D eigenvalue weighted by Gasteiger charge is -2.32. The monoisotopic (exact) mass is 112 g/mol. The van der Waals surface area contributed by atoms with Gasteiger partial charge < -0.3 is 5.11 Å². The minimum atomic E-state index is 0.0648. The number of aliphatic hydroxyl groups is 1. The van der Waals surface area contributed by atoms with Gasteiger partial charge in [-0.2, -0.15) is 0 Å². The molecule has 3 aliphatic carbocycles. The Labute approximate surface area is 49.7 Å². The van der Waals surface area contributed by atoms with Crippen LogP contribution in [0.5, 0.6) is 0 Å². The van der Waals surface area contributed by atoms with Gasteiger partial charge in [-0.1, -0.05) is 6.92 Å². The van der Waals surface area contributed by atoms with Crippen molar-refractivity contribution in [1.82, 2.24) is 0 Å². The molecule has 3 aliphatic rings. The van der Waals surface area contributed by atoms with Gasteiger partial charge in [-0.3, -0.25) is 0 Å². The Morgan fingerprint density at radius 3 is 2.25 bits per heavy atom. The third kappa shape index (κ3) is 0.368. The van der Waals surface area contributed by atoms with Gasteiger partial charge in [0.15, 0.2) is 0 Å². The molecule has 0 spiro atoms. The predicted octanol–water partition coefficient (Wildman–Crippen LogP) is 1.02. The fourth-order valence-electron chi connectivity index (χ4n) is 2.24. The highest BCUT2D eigenvalue weighted by atomic mass is 16.3. The zero-order valence-electron chi connectivity index (χ0n) is 5.17. The molecule has 0 aromatic carbocycles. The van der Waals surface area contributed by atoms with E-state index in [1.165, 1.54) is 6.42 Å². The smallest absolute Gasteiger partial charge is 0.0573 e. The Bertz CT molecular complexity index is 107. The maximum Gasteiger partial charge on any atom is 0.0573 e. The minimum Gasteiger partial charge on any atom is -0.393 e. The third-order valence-electron chi connectivity index (χ3n) is 3.03. The summed E-state index contributed by atoms with van der Waals surface area (Å²) >= 11 is 0. The lowest BCUT2D eigenvalue weighted by Crippen LogP contribution is -2.27. The predicted molar refractivity (Wildman–Crippen MR) is 31.4 cm³/mol. The Hall–Kier alpha value is -0.0400. The molecule has 2 bridgehead atoms. The highest BCUT2D eigenvalue weighted by Gasteiger charge is 2.49. The van der Waals surface area contributed by atoms with Crippen LogP contribution in [0.3, 0.4) is 0 Å². The zero-order valence-corrected chi connectivity index (χ0v) is 5.17. The fraction of sp³-hybridized carbons (Fsp3) is 1.00. The van der Waals surface area contributed by atoms with Crippen LogP contribution in [-0.2, 0) is 0 Å². The maximum atomic E-state index is 9.21. The summed E-state index contributed by atoms with van der Waals surface area (Å²) in [5.74, 6) is 2.40. The zero-order chi connectivity index (χ0) is 5.72. The molecule has 0 radical (unpaired) electrons. The maximum absolute atomic E-state index is 9.21. The number of fused-ring (bicyclic) bond motifs is 1. The molecule has 0 heterocycles. The van der Waals surface area contributed by atoms with Crippen molar-refractivity contribution in [2.75, 3.05) is 0 Å². The van der Waals surface area contributed by atoms with Gasteiger partial charge in [-0.15, -0.1) is 0 Å². The number of hydrogen-bond acceptors (Lipinski definition) is 1. The van der Waals surface area contributed by atoms with Crippen LogP contribution in [0.1, 0.15) is 19.8 Å². The van der Waals surface area contributed by atoms with E-state index < -0.39 is 0 Å². The molecule has 3 saturated carbocycles. The van der Waals surface area contributed by atoms with Gasteiger partial charge in [0.1, 0.15) is 0 Å². The lowest BCUT2D eigenvalue weighted by atomic mass is 9.73. The first kappa shape index (κ1) is 4.80. The summed E-state index contributed by atoms with van der Waals surface area (Å²) in [5, 5.41) is 9.21. The largest absolute Gasteiger partial charge is 0.393 e. The van der Waals surface area contributed by atoms with E-state index in [1.54, 1.807) is 0 Å². The first-order valence-corrected chi connectivity index (χ1v) is 3.47. The van der Waals surface area contributed by atoms with Crippen molar-refractivity contribution < 1.29 is 5.11 Å². The second kappa shape index (κ2) is 1.27. The molecule has 0 aliphatic heterocycles. The summed E-state index contributed by atoms with van der Waals surface area (Å²) in [6.07, 6.45) is 2.46. The minimum absolute atomic E-state index is 0.0648. The van der Waals surface area contributed by atoms with Gasteiger partial charge in [-0.25, -0.2) is 0 Å². The molecule has 8 heavy (non-hydrogen) atoms. The van der Waals surface area contributed by atoms with Crippen LogP contribution in [0.25, 0.3) is 0 Å². The standard InChI is InChI=1S/C7H12O/c1-4-5-2-6(4)7(8)3-5/h4-8H,2-3H2,1H3/t4-,5+,6+,7-/m1/s1. The average molecular weight is 112 g/mol. The van der Waals surface area contributed by atoms with E-state index in [4.69, 9.17) is 0 Å². The number of rotatable bonds is 0. The summed E-state index contributed by atoms with van der Waals surface area (Å²) in [5.41, 5.74) is 0. The van der Waals surface area contributed by atoms with Crippen LogP contribution in [0, 0.1) is 17.8 Å². The molecule has 0 saturated heterocycles. The molecule has 1 N–H and O–H groups in total. The number of aliphatic hydroxyl groups excluding tert-OH is 1. The van der Waals surface area contributed by atoms with Crippen molar-refractivity contribution in [1.29, 1.82) is 0 Å². The average Bonchev–Trinajstić information content (AvgIpc) is 2.19. The Morgan fingerprint density at radius 2 is 2.12 bits per heavy atom. The first-order chi connectivity index (χ1) is 3.79. The van der Waals surface area contributed by atoms with Crippen molar-refractivity contribution in [3.05, 3.63) is 0 Å². The molecule has 1 heteroatoms. The molecule has 46 valence electrons. The van der Waals surface area contributed by atoms with Crippen LogP contribution < -0.4 is 0 Å². The molecule has 0 amide bonds. The Kier molecular flexibility index (Phi) is 0.762. The van der Waals surface area contributed by atoms with Crippen LogP contribution >= 0.6 is 0 Å². The lowest BCUT2D eigenvalue weighted by molar-refractivity contribution is 0.0900.